The average Bonchev–Trinajstić information content (AvgIpc) is 2.94. The van der Waals surface area contributed by atoms with Crippen LogP contribution in [0.1, 0.15) is 6.42 Å². The van der Waals surface area contributed by atoms with Crippen molar-refractivity contribution in [1.82, 2.24) is 0 Å². The van der Waals surface area contributed by atoms with E-state index in [0.717, 1.165) is 23.5 Å². The van der Waals surface area contributed by atoms with Crippen LogP contribution in [0.3, 0.4) is 0 Å². The van der Waals surface area contributed by atoms with Gasteiger partial charge in [0.15, 0.2) is 11.1 Å². The van der Waals surface area contributed by atoms with Crippen LogP contribution < -0.4 is 42.9 Å². The highest BCUT2D eigenvalue weighted by molar-refractivity contribution is 8.01. The summed E-state index contributed by atoms with van der Waals surface area (Å²) in [5.74, 6) is 0.868. The fraction of sp³-hybridized carbons (Fsp3) is 0.200. The molecule has 4 rings (SSSR count). The summed E-state index contributed by atoms with van der Waals surface area (Å²) in [5.41, 5.74) is 0. The number of methoxy groups -OCH3 is 2. The first-order chi connectivity index (χ1) is 17.7. The van der Waals surface area contributed by atoms with Crippen molar-refractivity contribution < 1.29 is 36.3 Å². The van der Waals surface area contributed by atoms with Gasteiger partial charge in [0, 0.05) is 20.3 Å². The zero-order chi connectivity index (χ0) is 25.2. The molecule has 0 atom stereocenters. The van der Waals surface area contributed by atoms with Gasteiger partial charge in [-0.2, -0.15) is 0 Å². The number of benzene rings is 4. The van der Waals surface area contributed by atoms with Crippen molar-refractivity contribution in [2.75, 3.05) is 20.8 Å². The van der Waals surface area contributed by atoms with Crippen LogP contribution in [0.15, 0.2) is 109 Å². The standard InChI is InChI=1S/C30H31O4PSi.BrH/c1-32-30(33-2)36-22-12-21-34-28-20-19-24(31)23-29(28)35(25-13-6-3-7-14-25,26-15-8-4-9-16-26)27-17-10-5-11-18-27;/h3-11,13-20,23,30H,12,21-22H2,1-2H3;1H. The summed E-state index contributed by atoms with van der Waals surface area (Å²) in [4.78, 5) is 0. The lowest BCUT2D eigenvalue weighted by molar-refractivity contribution is -0.0441. The molecule has 1 N–H and O–H groups in total. The van der Waals surface area contributed by atoms with Gasteiger partial charge < -0.3 is 36.3 Å². The molecule has 0 aliphatic rings. The molecule has 37 heavy (non-hydrogen) atoms. The maximum Gasteiger partial charge on any atom is 0.162 e. The van der Waals surface area contributed by atoms with Crippen LogP contribution in [0.2, 0.25) is 6.04 Å². The molecule has 0 bridgehead atoms. The predicted molar refractivity (Wildman–Crippen MR) is 151 cm³/mol. The van der Waals surface area contributed by atoms with Crippen LogP contribution in [0.25, 0.3) is 0 Å². The smallest absolute Gasteiger partial charge is 0.162 e. The summed E-state index contributed by atoms with van der Waals surface area (Å²) in [6, 6.07) is 38.3. The summed E-state index contributed by atoms with van der Waals surface area (Å²) in [5, 5.41) is 15.3. The van der Waals surface area contributed by atoms with Gasteiger partial charge in [0.05, 0.1) is 6.61 Å². The van der Waals surface area contributed by atoms with Gasteiger partial charge in [-0.15, -0.1) is 0 Å². The zero-order valence-electron chi connectivity index (χ0n) is 21.1. The Kier molecular flexibility index (Phi) is 11.4. The molecule has 0 saturated carbocycles. The molecule has 0 saturated heterocycles. The van der Waals surface area contributed by atoms with Crippen molar-refractivity contribution in [3.05, 3.63) is 109 Å². The quantitative estimate of drug-likeness (QED) is 0.117. The van der Waals surface area contributed by atoms with E-state index in [1.54, 1.807) is 20.3 Å². The van der Waals surface area contributed by atoms with E-state index in [1.165, 1.54) is 15.9 Å². The Morgan fingerprint density at radius 3 is 1.68 bits per heavy atom. The largest absolute Gasteiger partial charge is 1.00 e. The van der Waals surface area contributed by atoms with E-state index in [0.29, 0.717) is 16.1 Å². The second kappa shape index (κ2) is 14.5. The van der Waals surface area contributed by atoms with Crippen LogP contribution >= 0.6 is 7.26 Å². The number of ether oxygens (including phenoxy) is 3. The van der Waals surface area contributed by atoms with E-state index in [9.17, 15) is 5.11 Å². The Balaban J connectivity index is 0.00000380. The van der Waals surface area contributed by atoms with Gasteiger partial charge in [-0.1, -0.05) is 60.6 Å². The number of phenolic OH excluding ortho intramolecular Hbond substituents is 1. The molecule has 0 amide bonds. The SMILES string of the molecule is COC(OC)[Si]CCCOc1ccc(O)cc1[P+](c1ccccc1)(c1ccccc1)c1ccccc1.[Br-]. The Bertz CT molecular complexity index is 1110. The molecular weight excluding hydrogens is 563 g/mol. The molecule has 0 unspecified atom stereocenters. The van der Waals surface area contributed by atoms with Crippen LogP contribution in [-0.2, 0) is 9.47 Å². The Morgan fingerprint density at radius 1 is 0.730 bits per heavy atom. The van der Waals surface area contributed by atoms with Crippen LogP contribution in [0.5, 0.6) is 11.5 Å². The molecule has 192 valence electrons. The molecule has 0 fully saturated rings. The first-order valence-corrected chi connectivity index (χ1v) is 15.1. The summed E-state index contributed by atoms with van der Waals surface area (Å²) in [6.45, 7) is 0.573. The summed E-state index contributed by atoms with van der Waals surface area (Å²) in [6.07, 6.45) is 0.884. The van der Waals surface area contributed by atoms with Gasteiger partial charge in [0.25, 0.3) is 0 Å². The first-order valence-electron chi connectivity index (χ1n) is 12.0. The van der Waals surface area contributed by atoms with Crippen molar-refractivity contribution in [2.45, 2.75) is 18.4 Å². The third-order valence-corrected chi connectivity index (χ3v) is 11.8. The summed E-state index contributed by atoms with van der Waals surface area (Å²) < 4.78 is 17.1. The number of aromatic hydroxyl groups is 1. The number of hydrogen-bond donors (Lipinski definition) is 1. The van der Waals surface area contributed by atoms with E-state index in [2.05, 4.69) is 72.8 Å². The van der Waals surface area contributed by atoms with E-state index < -0.39 is 7.26 Å². The third kappa shape index (κ3) is 6.70. The lowest BCUT2D eigenvalue weighted by Crippen LogP contribution is -3.00. The monoisotopic (exact) mass is 594 g/mol. The fourth-order valence-electron chi connectivity index (χ4n) is 4.45. The number of halogens is 1. The summed E-state index contributed by atoms with van der Waals surface area (Å²) >= 11 is 0. The number of phenols is 1. The molecule has 4 aromatic rings. The first kappa shape index (κ1) is 29.1. The van der Waals surface area contributed by atoms with Gasteiger partial charge in [0.1, 0.15) is 44.4 Å². The number of hydrogen-bond acceptors (Lipinski definition) is 4. The number of rotatable bonds is 12. The highest BCUT2D eigenvalue weighted by Gasteiger charge is 2.50. The maximum absolute atomic E-state index is 10.7. The minimum atomic E-state index is -2.37. The fourth-order valence-corrected chi connectivity index (χ4v) is 9.75. The molecule has 0 heterocycles. The highest BCUT2D eigenvalue weighted by Crippen LogP contribution is 2.56. The molecule has 4 aromatic carbocycles. The zero-order valence-corrected chi connectivity index (χ0v) is 24.6. The van der Waals surface area contributed by atoms with Crippen molar-refractivity contribution in [1.29, 1.82) is 0 Å². The van der Waals surface area contributed by atoms with E-state index >= 15 is 0 Å². The Labute approximate surface area is 233 Å². The van der Waals surface area contributed by atoms with Crippen molar-refractivity contribution >= 4 is 38.0 Å². The predicted octanol–water partition coefficient (Wildman–Crippen LogP) is 1.48. The normalized spacial score (nSPS) is 11.2. The maximum atomic E-state index is 10.7. The van der Waals surface area contributed by atoms with E-state index in [4.69, 9.17) is 14.2 Å². The topological polar surface area (TPSA) is 47.9 Å². The van der Waals surface area contributed by atoms with E-state index in [-0.39, 0.29) is 28.6 Å². The van der Waals surface area contributed by atoms with Gasteiger partial charge >= 0.3 is 0 Å². The minimum Gasteiger partial charge on any atom is -1.00 e. The van der Waals surface area contributed by atoms with E-state index in [1.807, 2.05) is 30.3 Å². The average molecular weight is 596 g/mol. The van der Waals surface area contributed by atoms with Crippen LogP contribution in [0.4, 0.5) is 0 Å². The van der Waals surface area contributed by atoms with Gasteiger partial charge in [0.2, 0.25) is 0 Å². The molecule has 0 aliphatic carbocycles. The molecule has 2 radical (unpaired) electrons. The minimum absolute atomic E-state index is 0. The lowest BCUT2D eigenvalue weighted by atomic mass is 10.3. The Morgan fingerprint density at radius 2 is 1.22 bits per heavy atom. The molecule has 0 aromatic heterocycles. The van der Waals surface area contributed by atoms with Gasteiger partial charge in [-0.3, -0.25) is 0 Å². The van der Waals surface area contributed by atoms with Crippen molar-refractivity contribution in [3.63, 3.8) is 0 Å². The molecule has 7 heteroatoms. The molecule has 0 aliphatic heterocycles. The summed E-state index contributed by atoms with van der Waals surface area (Å²) in [7, 11) is 1.51. The van der Waals surface area contributed by atoms with Crippen molar-refractivity contribution in [2.24, 2.45) is 0 Å². The second-order valence-corrected chi connectivity index (χ2v) is 13.0. The molecular formula is C30H32BrO4PSi. The van der Waals surface area contributed by atoms with Crippen LogP contribution in [0, 0.1) is 0 Å². The van der Waals surface area contributed by atoms with Crippen LogP contribution in [-0.4, -0.2) is 41.4 Å². The highest BCUT2D eigenvalue weighted by atomic mass is 79.9. The van der Waals surface area contributed by atoms with Gasteiger partial charge in [-0.05, 0) is 55.0 Å². The third-order valence-electron chi connectivity index (χ3n) is 6.05. The molecule has 0 spiro atoms. The Hall–Kier alpha value is -2.47. The van der Waals surface area contributed by atoms with Crippen molar-refractivity contribution in [3.8, 4) is 11.5 Å². The lowest BCUT2D eigenvalue weighted by Gasteiger charge is -2.29. The molecule has 4 nitrogen and oxygen atoms in total. The van der Waals surface area contributed by atoms with Gasteiger partial charge in [-0.25, -0.2) is 0 Å². The second-order valence-electron chi connectivity index (χ2n) is 8.29.